The van der Waals surface area contributed by atoms with Crippen LogP contribution in [-0.2, 0) is 6.42 Å². The Balaban J connectivity index is 2.05. The third kappa shape index (κ3) is 1.16. The summed E-state index contributed by atoms with van der Waals surface area (Å²) in [5.74, 6) is 0.0955. The van der Waals surface area contributed by atoms with Crippen molar-refractivity contribution < 1.29 is 4.79 Å². The summed E-state index contributed by atoms with van der Waals surface area (Å²) in [4.78, 5) is 14.1. The molecular formula is C12H17N3O. The van der Waals surface area contributed by atoms with Crippen LogP contribution in [-0.4, -0.2) is 33.2 Å². The molecule has 0 radical (unpaired) electrons. The Kier molecular flexibility index (Phi) is 1.77. The van der Waals surface area contributed by atoms with Gasteiger partial charge in [0.1, 0.15) is 0 Å². The quantitative estimate of drug-likeness (QED) is 0.720. The first kappa shape index (κ1) is 9.87. The van der Waals surface area contributed by atoms with Gasteiger partial charge in [-0.3, -0.25) is 9.48 Å². The van der Waals surface area contributed by atoms with E-state index in [1.54, 1.807) is 0 Å². The lowest BCUT2D eigenvalue weighted by molar-refractivity contribution is 0.0674. The van der Waals surface area contributed by atoms with Gasteiger partial charge in [0, 0.05) is 30.4 Å². The predicted octanol–water partition coefficient (Wildman–Crippen LogP) is 1.62. The molecule has 4 heteroatoms. The average molecular weight is 219 g/mol. The second-order valence-corrected chi connectivity index (χ2v) is 5.34. The summed E-state index contributed by atoms with van der Waals surface area (Å²) in [6.07, 6.45) is 5.31. The second kappa shape index (κ2) is 2.87. The van der Waals surface area contributed by atoms with E-state index in [9.17, 15) is 4.79 Å². The highest BCUT2D eigenvalue weighted by atomic mass is 16.2. The van der Waals surface area contributed by atoms with Gasteiger partial charge in [-0.1, -0.05) is 0 Å². The van der Waals surface area contributed by atoms with Crippen LogP contribution in [0.4, 0.5) is 0 Å². The number of nitrogens with zero attached hydrogens (tertiary/aromatic N) is 3. The van der Waals surface area contributed by atoms with E-state index in [2.05, 4.69) is 18.9 Å². The lowest BCUT2D eigenvalue weighted by Gasteiger charge is -2.31. The van der Waals surface area contributed by atoms with Crippen LogP contribution in [0.3, 0.4) is 0 Å². The number of carbonyl (C=O) groups excluding carboxylic acids is 1. The number of hydrogen-bond donors (Lipinski definition) is 0. The molecule has 0 saturated heterocycles. The maximum atomic E-state index is 12.2. The van der Waals surface area contributed by atoms with Crippen molar-refractivity contribution in [3.05, 3.63) is 17.5 Å². The largest absolute Gasteiger partial charge is 0.334 e. The maximum absolute atomic E-state index is 12.2. The fourth-order valence-electron chi connectivity index (χ4n) is 2.51. The normalized spacial score (nSPS) is 21.8. The van der Waals surface area contributed by atoms with Crippen molar-refractivity contribution in [3.63, 3.8) is 0 Å². The molecule has 2 aliphatic rings. The van der Waals surface area contributed by atoms with Crippen LogP contribution in [0, 0.1) is 0 Å². The number of amides is 1. The lowest BCUT2D eigenvalue weighted by atomic mass is 9.98. The van der Waals surface area contributed by atoms with Gasteiger partial charge < -0.3 is 4.90 Å². The summed E-state index contributed by atoms with van der Waals surface area (Å²) >= 11 is 0. The fourth-order valence-corrected chi connectivity index (χ4v) is 2.51. The molecule has 0 bridgehead atoms. The summed E-state index contributed by atoms with van der Waals surface area (Å²) in [5.41, 5.74) is 1.93. The molecule has 0 unspecified atom stereocenters. The molecule has 3 rings (SSSR count). The number of hydrogen-bond acceptors (Lipinski definition) is 2. The van der Waals surface area contributed by atoms with Crippen molar-refractivity contribution in [1.82, 2.24) is 14.7 Å². The highest BCUT2D eigenvalue weighted by Crippen LogP contribution is 2.47. The minimum absolute atomic E-state index is 0.0955. The van der Waals surface area contributed by atoms with E-state index >= 15 is 0 Å². The molecule has 1 aliphatic carbocycles. The monoisotopic (exact) mass is 219 g/mol. The van der Waals surface area contributed by atoms with Crippen LogP contribution < -0.4 is 0 Å². The zero-order chi connectivity index (χ0) is 11.5. The third-order valence-corrected chi connectivity index (χ3v) is 3.90. The van der Waals surface area contributed by atoms with Crippen LogP contribution in [0.5, 0.6) is 0 Å². The average Bonchev–Trinajstić information content (AvgIpc) is 2.86. The van der Waals surface area contributed by atoms with Crippen LogP contribution in [0.1, 0.15) is 48.8 Å². The molecule has 1 spiro atoms. The molecule has 1 aromatic heterocycles. The van der Waals surface area contributed by atoms with Gasteiger partial charge in [0.05, 0.1) is 0 Å². The Bertz CT molecular complexity index is 457. The molecule has 86 valence electrons. The summed E-state index contributed by atoms with van der Waals surface area (Å²) in [5, 5.41) is 4.40. The molecule has 2 heterocycles. The standard InChI is InChI=1S/C12H17N3O/c1-8(2)15-7-9-6-12(4-5-12)14(3)11(16)10(9)13-15/h7-8H,4-6H2,1-3H3. The van der Waals surface area contributed by atoms with Gasteiger partial charge in [0.2, 0.25) is 0 Å². The molecule has 1 saturated carbocycles. The Labute approximate surface area is 95.2 Å². The molecule has 4 nitrogen and oxygen atoms in total. The van der Waals surface area contributed by atoms with E-state index in [0.29, 0.717) is 11.7 Å². The number of rotatable bonds is 1. The van der Waals surface area contributed by atoms with Crippen LogP contribution in [0.25, 0.3) is 0 Å². The summed E-state index contributed by atoms with van der Waals surface area (Å²) in [6.45, 7) is 4.17. The molecular weight excluding hydrogens is 202 g/mol. The molecule has 1 fully saturated rings. The van der Waals surface area contributed by atoms with Crippen LogP contribution in [0.2, 0.25) is 0 Å². The van der Waals surface area contributed by atoms with Crippen molar-refractivity contribution in [2.24, 2.45) is 0 Å². The minimum atomic E-state index is 0.0955. The van der Waals surface area contributed by atoms with Crippen LogP contribution in [0.15, 0.2) is 6.20 Å². The summed E-state index contributed by atoms with van der Waals surface area (Å²) < 4.78 is 1.90. The van der Waals surface area contributed by atoms with Crippen molar-refractivity contribution in [1.29, 1.82) is 0 Å². The number of carbonyl (C=O) groups is 1. The maximum Gasteiger partial charge on any atom is 0.274 e. The fraction of sp³-hybridized carbons (Fsp3) is 0.667. The van der Waals surface area contributed by atoms with Crippen LogP contribution >= 0.6 is 0 Å². The second-order valence-electron chi connectivity index (χ2n) is 5.34. The Morgan fingerprint density at radius 3 is 2.69 bits per heavy atom. The van der Waals surface area contributed by atoms with Crippen molar-refractivity contribution in [2.45, 2.75) is 44.7 Å². The van der Waals surface area contributed by atoms with Gasteiger partial charge in [0.25, 0.3) is 5.91 Å². The van der Waals surface area contributed by atoms with Gasteiger partial charge in [-0.2, -0.15) is 5.10 Å². The van der Waals surface area contributed by atoms with E-state index in [-0.39, 0.29) is 11.4 Å². The number of aromatic nitrogens is 2. The molecule has 0 aromatic carbocycles. The first-order chi connectivity index (χ1) is 7.53. The summed E-state index contributed by atoms with van der Waals surface area (Å²) in [7, 11) is 1.91. The molecule has 16 heavy (non-hydrogen) atoms. The predicted molar refractivity (Wildman–Crippen MR) is 60.4 cm³/mol. The van der Waals surface area contributed by atoms with Crippen molar-refractivity contribution in [2.75, 3.05) is 7.05 Å². The molecule has 1 amide bonds. The van der Waals surface area contributed by atoms with Crippen molar-refractivity contribution in [3.8, 4) is 0 Å². The van der Waals surface area contributed by atoms with E-state index in [1.807, 2.05) is 22.8 Å². The SMILES string of the molecule is CC(C)n1cc2c(n1)C(=O)N(C)C1(CC1)C2. The van der Waals surface area contributed by atoms with Gasteiger partial charge in [-0.25, -0.2) is 0 Å². The number of fused-ring (bicyclic) bond motifs is 1. The van der Waals surface area contributed by atoms with Gasteiger partial charge in [-0.05, 0) is 33.1 Å². The van der Waals surface area contributed by atoms with Crippen molar-refractivity contribution >= 4 is 5.91 Å². The van der Waals surface area contributed by atoms with Gasteiger partial charge >= 0.3 is 0 Å². The molecule has 0 atom stereocenters. The molecule has 1 aromatic rings. The Hall–Kier alpha value is -1.32. The zero-order valence-electron chi connectivity index (χ0n) is 10.0. The van der Waals surface area contributed by atoms with E-state index in [1.165, 1.54) is 0 Å². The summed E-state index contributed by atoms with van der Waals surface area (Å²) in [6, 6.07) is 0.318. The van der Waals surface area contributed by atoms with E-state index in [4.69, 9.17) is 0 Å². The highest BCUT2D eigenvalue weighted by Gasteiger charge is 2.52. The molecule has 0 N–H and O–H groups in total. The highest BCUT2D eigenvalue weighted by molar-refractivity contribution is 5.95. The Morgan fingerprint density at radius 1 is 1.44 bits per heavy atom. The Morgan fingerprint density at radius 2 is 2.12 bits per heavy atom. The first-order valence-electron chi connectivity index (χ1n) is 5.90. The smallest absolute Gasteiger partial charge is 0.274 e. The topological polar surface area (TPSA) is 38.1 Å². The van der Waals surface area contributed by atoms with E-state index in [0.717, 1.165) is 24.8 Å². The third-order valence-electron chi connectivity index (χ3n) is 3.90. The first-order valence-corrected chi connectivity index (χ1v) is 5.90. The number of likely N-dealkylation sites (N-methyl/N-ethyl adjacent to an activating group) is 1. The van der Waals surface area contributed by atoms with Gasteiger partial charge in [-0.15, -0.1) is 0 Å². The molecule has 1 aliphatic heterocycles. The zero-order valence-corrected chi connectivity index (χ0v) is 10.0. The van der Waals surface area contributed by atoms with E-state index < -0.39 is 0 Å². The minimum Gasteiger partial charge on any atom is -0.334 e. The lowest BCUT2D eigenvalue weighted by Crippen LogP contribution is -2.44. The van der Waals surface area contributed by atoms with Gasteiger partial charge in [0.15, 0.2) is 5.69 Å².